The van der Waals surface area contributed by atoms with Crippen LogP contribution in [0, 0.1) is 16.7 Å². The maximum atomic E-state index is 12.7. The predicted molar refractivity (Wildman–Crippen MR) is 78.3 cm³/mol. The van der Waals surface area contributed by atoms with Crippen LogP contribution in [0.25, 0.3) is 0 Å². The van der Waals surface area contributed by atoms with Crippen molar-refractivity contribution in [1.29, 1.82) is 0 Å². The number of phenols is 1. The normalized spacial score (nSPS) is 23.3. The number of fused-ring (bicyclic) bond motifs is 1. The molecule has 0 spiro atoms. The molecule has 1 aromatic carbocycles. The minimum absolute atomic E-state index is 0.0865. The molecule has 1 saturated carbocycles. The van der Waals surface area contributed by atoms with Gasteiger partial charge in [0.1, 0.15) is 5.75 Å². The first-order valence-corrected chi connectivity index (χ1v) is 7.34. The lowest BCUT2D eigenvalue weighted by molar-refractivity contribution is -0.134. The van der Waals surface area contributed by atoms with Crippen molar-refractivity contribution in [1.82, 2.24) is 4.90 Å². The van der Waals surface area contributed by atoms with Gasteiger partial charge in [-0.1, -0.05) is 33.8 Å². The van der Waals surface area contributed by atoms with Gasteiger partial charge in [0.05, 0.1) is 0 Å². The van der Waals surface area contributed by atoms with Gasteiger partial charge in [-0.2, -0.15) is 0 Å². The molecule has 1 heterocycles. The number of amides is 1. The molecule has 3 heteroatoms. The van der Waals surface area contributed by atoms with Gasteiger partial charge in [-0.3, -0.25) is 4.79 Å². The predicted octanol–water partition coefficient (Wildman–Crippen LogP) is 2.96. The number of benzene rings is 1. The van der Waals surface area contributed by atoms with Gasteiger partial charge in [0.2, 0.25) is 5.91 Å². The Balaban J connectivity index is 1.80. The van der Waals surface area contributed by atoms with Gasteiger partial charge in [0, 0.05) is 19.0 Å². The van der Waals surface area contributed by atoms with Crippen molar-refractivity contribution in [3.05, 3.63) is 29.3 Å². The molecular weight excluding hydrogens is 250 g/mol. The first kappa shape index (κ1) is 13.5. The van der Waals surface area contributed by atoms with Crippen LogP contribution < -0.4 is 0 Å². The molecule has 3 rings (SSSR count). The molecule has 108 valence electrons. The molecular formula is C17H23NO2. The minimum Gasteiger partial charge on any atom is -0.508 e. The Kier molecular flexibility index (Phi) is 2.69. The summed E-state index contributed by atoms with van der Waals surface area (Å²) in [7, 11) is 0. The van der Waals surface area contributed by atoms with Gasteiger partial charge in [0.15, 0.2) is 0 Å². The van der Waals surface area contributed by atoms with Crippen molar-refractivity contribution < 1.29 is 9.90 Å². The van der Waals surface area contributed by atoms with Gasteiger partial charge in [-0.05, 0) is 40.5 Å². The third kappa shape index (κ3) is 1.75. The first-order chi connectivity index (χ1) is 9.25. The van der Waals surface area contributed by atoms with E-state index >= 15 is 0 Å². The van der Waals surface area contributed by atoms with Crippen LogP contribution in [0.4, 0.5) is 0 Å². The number of carbonyl (C=O) groups excluding carboxylic acids is 1. The molecule has 2 aliphatic rings. The van der Waals surface area contributed by atoms with Crippen LogP contribution in [-0.4, -0.2) is 22.5 Å². The molecule has 1 aliphatic heterocycles. The molecule has 1 amide bonds. The number of carbonyl (C=O) groups is 1. The van der Waals surface area contributed by atoms with E-state index in [1.54, 1.807) is 12.1 Å². The van der Waals surface area contributed by atoms with Gasteiger partial charge in [-0.15, -0.1) is 0 Å². The lowest BCUT2D eigenvalue weighted by Gasteiger charge is -2.29. The maximum Gasteiger partial charge on any atom is 0.227 e. The highest BCUT2D eigenvalue weighted by Gasteiger charge is 2.68. The number of aromatic hydroxyl groups is 1. The van der Waals surface area contributed by atoms with E-state index in [4.69, 9.17) is 0 Å². The number of nitrogens with zero attached hydrogens (tertiary/aromatic N) is 1. The zero-order valence-corrected chi connectivity index (χ0v) is 12.7. The van der Waals surface area contributed by atoms with Crippen molar-refractivity contribution in [3.63, 3.8) is 0 Å². The quantitative estimate of drug-likeness (QED) is 0.854. The lowest BCUT2D eigenvalue weighted by atomic mass is 9.98. The summed E-state index contributed by atoms with van der Waals surface area (Å²) in [4.78, 5) is 14.7. The standard InChI is InChI=1S/C17H23NO2/c1-16(2)14(17(16,3)4)15(20)18-8-7-11-5-6-13(19)9-12(11)10-18/h5-6,9,14,19H,7-8,10H2,1-4H3. The Labute approximate surface area is 120 Å². The van der Waals surface area contributed by atoms with Crippen molar-refractivity contribution in [2.24, 2.45) is 16.7 Å². The van der Waals surface area contributed by atoms with Crippen molar-refractivity contribution in [2.75, 3.05) is 6.54 Å². The average Bonchev–Trinajstić information content (AvgIpc) is 2.78. The molecule has 0 bridgehead atoms. The highest BCUT2D eigenvalue weighted by Crippen LogP contribution is 2.68. The van der Waals surface area contributed by atoms with Crippen molar-refractivity contribution in [3.8, 4) is 5.75 Å². The van der Waals surface area contributed by atoms with Gasteiger partial charge in [-0.25, -0.2) is 0 Å². The molecule has 0 unspecified atom stereocenters. The fourth-order valence-electron chi connectivity index (χ4n) is 3.73. The third-order valence-electron chi connectivity index (χ3n) is 5.78. The van der Waals surface area contributed by atoms with E-state index < -0.39 is 0 Å². The van der Waals surface area contributed by atoms with Gasteiger partial charge in [0.25, 0.3) is 0 Å². The molecule has 1 aliphatic carbocycles. The van der Waals surface area contributed by atoms with E-state index in [0.717, 1.165) is 18.5 Å². The van der Waals surface area contributed by atoms with Crippen LogP contribution in [-0.2, 0) is 17.8 Å². The Morgan fingerprint density at radius 2 is 1.85 bits per heavy atom. The smallest absolute Gasteiger partial charge is 0.227 e. The molecule has 0 saturated heterocycles. The van der Waals surface area contributed by atoms with E-state index in [2.05, 4.69) is 27.7 Å². The fourth-order valence-corrected chi connectivity index (χ4v) is 3.73. The van der Waals surface area contributed by atoms with Crippen LogP contribution in [0.3, 0.4) is 0 Å². The molecule has 0 atom stereocenters. The lowest BCUT2D eigenvalue weighted by Crippen LogP contribution is -2.38. The monoisotopic (exact) mass is 273 g/mol. The number of hydrogen-bond acceptors (Lipinski definition) is 2. The summed E-state index contributed by atoms with van der Waals surface area (Å²) in [5.74, 6) is 0.674. The second kappa shape index (κ2) is 4.00. The number of hydrogen-bond donors (Lipinski definition) is 1. The summed E-state index contributed by atoms with van der Waals surface area (Å²) in [6.07, 6.45) is 0.884. The summed E-state index contributed by atoms with van der Waals surface area (Å²) in [5.41, 5.74) is 2.51. The average molecular weight is 273 g/mol. The van der Waals surface area contributed by atoms with Crippen molar-refractivity contribution >= 4 is 5.91 Å². The molecule has 3 nitrogen and oxygen atoms in total. The van der Waals surface area contributed by atoms with Gasteiger partial charge >= 0.3 is 0 Å². The molecule has 0 aromatic heterocycles. The summed E-state index contributed by atoms with van der Waals surface area (Å²) >= 11 is 0. The van der Waals surface area contributed by atoms with Crippen LogP contribution in [0.1, 0.15) is 38.8 Å². The van der Waals surface area contributed by atoms with E-state index in [0.29, 0.717) is 6.54 Å². The van der Waals surface area contributed by atoms with E-state index in [9.17, 15) is 9.90 Å². The third-order valence-corrected chi connectivity index (χ3v) is 5.78. The molecule has 0 radical (unpaired) electrons. The first-order valence-electron chi connectivity index (χ1n) is 7.34. The largest absolute Gasteiger partial charge is 0.508 e. The zero-order chi connectivity index (χ0) is 14.7. The molecule has 1 aromatic rings. The summed E-state index contributed by atoms with van der Waals surface area (Å²) in [6.45, 7) is 10.1. The topological polar surface area (TPSA) is 40.5 Å². The van der Waals surface area contributed by atoms with Gasteiger partial charge < -0.3 is 10.0 Å². The number of phenolic OH excluding ortho intramolecular Hbond substituents is 1. The minimum atomic E-state index is 0.0865. The molecule has 20 heavy (non-hydrogen) atoms. The summed E-state index contributed by atoms with van der Waals surface area (Å²) in [5, 5.41) is 9.60. The molecule has 1 N–H and O–H groups in total. The highest BCUT2D eigenvalue weighted by molar-refractivity contribution is 5.84. The zero-order valence-electron chi connectivity index (χ0n) is 12.7. The van der Waals surface area contributed by atoms with Crippen LogP contribution >= 0.6 is 0 Å². The van der Waals surface area contributed by atoms with Crippen molar-refractivity contribution in [2.45, 2.75) is 40.7 Å². The highest BCUT2D eigenvalue weighted by atomic mass is 16.3. The Morgan fingerprint density at radius 3 is 2.45 bits per heavy atom. The van der Waals surface area contributed by atoms with Crippen LogP contribution in [0.15, 0.2) is 18.2 Å². The Hall–Kier alpha value is -1.51. The van der Waals surface area contributed by atoms with Crippen LogP contribution in [0.2, 0.25) is 0 Å². The maximum absolute atomic E-state index is 12.7. The second-order valence-corrected chi connectivity index (χ2v) is 7.34. The molecule has 1 fully saturated rings. The van der Waals surface area contributed by atoms with Crippen LogP contribution in [0.5, 0.6) is 5.75 Å². The summed E-state index contributed by atoms with van der Waals surface area (Å²) < 4.78 is 0. The van der Waals surface area contributed by atoms with E-state index in [1.807, 2.05) is 11.0 Å². The second-order valence-electron chi connectivity index (χ2n) is 7.34. The Morgan fingerprint density at radius 1 is 1.20 bits per heavy atom. The SMILES string of the molecule is CC1(C)C(C(=O)N2CCc3ccc(O)cc3C2)C1(C)C. The van der Waals surface area contributed by atoms with E-state index in [1.165, 1.54) is 5.56 Å². The van der Waals surface area contributed by atoms with E-state index in [-0.39, 0.29) is 28.4 Å². The Bertz CT molecular complexity index is 560. The summed E-state index contributed by atoms with van der Waals surface area (Å²) in [6, 6.07) is 5.48. The fraction of sp³-hybridized carbons (Fsp3) is 0.588. The number of rotatable bonds is 1.